The van der Waals surface area contributed by atoms with Crippen molar-refractivity contribution in [2.75, 3.05) is 0 Å². The Morgan fingerprint density at radius 2 is 2.12 bits per heavy atom. The van der Waals surface area contributed by atoms with Crippen molar-refractivity contribution < 1.29 is 9.53 Å². The highest BCUT2D eigenvalue weighted by Crippen LogP contribution is 2.19. The van der Waals surface area contributed by atoms with E-state index in [0.29, 0.717) is 12.8 Å². The summed E-state index contributed by atoms with van der Waals surface area (Å²) in [6.07, 6.45) is 6.82. The lowest BCUT2D eigenvalue weighted by molar-refractivity contribution is -0.145. The summed E-state index contributed by atoms with van der Waals surface area (Å²) in [4.78, 5) is 19.8. The van der Waals surface area contributed by atoms with Crippen LogP contribution in [0.2, 0.25) is 0 Å². The van der Waals surface area contributed by atoms with Crippen LogP contribution >= 0.6 is 0 Å². The quantitative estimate of drug-likeness (QED) is 0.565. The van der Waals surface area contributed by atoms with Gasteiger partial charge in [-0.25, -0.2) is 4.98 Å². The van der Waals surface area contributed by atoms with Crippen molar-refractivity contribution in [1.82, 2.24) is 14.4 Å². The summed E-state index contributed by atoms with van der Waals surface area (Å²) in [5.41, 5.74) is 4.98. The topological polar surface area (TPSA) is 59.4 Å². The highest BCUT2D eigenvalue weighted by atomic mass is 16.5. The summed E-state index contributed by atoms with van der Waals surface area (Å²) >= 11 is 0. The molecule has 0 aliphatic rings. The molecule has 0 spiro atoms. The van der Waals surface area contributed by atoms with E-state index < -0.39 is 0 Å². The Balaban J connectivity index is 1.36. The molecule has 0 saturated carbocycles. The number of ether oxygens (including phenoxy) is 1. The average molecular weight is 333 g/mol. The second kappa shape index (κ2) is 6.43. The van der Waals surface area contributed by atoms with Gasteiger partial charge in [0.1, 0.15) is 12.3 Å². The molecule has 4 rings (SSSR count). The predicted octanol–water partition coefficient (Wildman–Crippen LogP) is 3.80. The zero-order chi connectivity index (χ0) is 17.2. The maximum atomic E-state index is 12.1. The van der Waals surface area contributed by atoms with Crippen molar-refractivity contribution in [2.45, 2.75) is 26.4 Å². The molecule has 4 aromatic rings. The van der Waals surface area contributed by atoms with E-state index >= 15 is 0 Å². The maximum absolute atomic E-state index is 12.1. The third-order valence-electron chi connectivity index (χ3n) is 4.38. The molecule has 0 saturated heterocycles. The van der Waals surface area contributed by atoms with Gasteiger partial charge in [-0.05, 0) is 36.6 Å². The first-order chi connectivity index (χ1) is 12.2. The second-order valence-corrected chi connectivity index (χ2v) is 6.17. The number of nitrogens with zero attached hydrogens (tertiary/aromatic N) is 2. The lowest BCUT2D eigenvalue weighted by atomic mass is 10.1. The van der Waals surface area contributed by atoms with Crippen LogP contribution in [0.3, 0.4) is 0 Å². The number of pyridine rings is 1. The fourth-order valence-electron chi connectivity index (χ4n) is 3.08. The fraction of sp³-hybridized carbons (Fsp3) is 0.200. The predicted molar refractivity (Wildman–Crippen MR) is 96.3 cm³/mol. The molecule has 0 amide bonds. The van der Waals surface area contributed by atoms with Gasteiger partial charge in [-0.1, -0.05) is 24.3 Å². The summed E-state index contributed by atoms with van der Waals surface area (Å²) in [7, 11) is 0. The van der Waals surface area contributed by atoms with E-state index in [-0.39, 0.29) is 12.6 Å². The number of hydrogen-bond acceptors (Lipinski definition) is 3. The number of hydrogen-bond donors (Lipinski definition) is 1. The van der Waals surface area contributed by atoms with E-state index in [1.54, 1.807) is 0 Å². The first-order valence-electron chi connectivity index (χ1n) is 8.34. The van der Waals surface area contributed by atoms with Crippen molar-refractivity contribution in [3.8, 4) is 0 Å². The van der Waals surface area contributed by atoms with Crippen LogP contribution in [0.4, 0.5) is 0 Å². The van der Waals surface area contributed by atoms with Crippen molar-refractivity contribution >= 4 is 22.5 Å². The molecule has 5 nitrogen and oxygen atoms in total. The normalized spacial score (nSPS) is 11.2. The zero-order valence-electron chi connectivity index (χ0n) is 14.0. The zero-order valence-corrected chi connectivity index (χ0v) is 14.0. The van der Waals surface area contributed by atoms with Crippen molar-refractivity contribution in [1.29, 1.82) is 0 Å². The van der Waals surface area contributed by atoms with Gasteiger partial charge < -0.3 is 14.1 Å². The van der Waals surface area contributed by atoms with Crippen LogP contribution in [0, 0.1) is 6.92 Å². The second-order valence-electron chi connectivity index (χ2n) is 6.17. The van der Waals surface area contributed by atoms with Gasteiger partial charge in [0.15, 0.2) is 0 Å². The molecule has 0 bridgehead atoms. The number of aromatic amines is 1. The lowest BCUT2D eigenvalue weighted by Gasteiger charge is -2.02. The first-order valence-corrected chi connectivity index (χ1v) is 8.34. The SMILES string of the molecule is Cc1cccn2cc(COC(=O)CCc3c[nH]c4ccccc34)nc12. The van der Waals surface area contributed by atoms with Crippen molar-refractivity contribution in [3.63, 3.8) is 0 Å². The van der Waals surface area contributed by atoms with Gasteiger partial charge in [0.25, 0.3) is 0 Å². The van der Waals surface area contributed by atoms with Gasteiger partial charge in [0, 0.05) is 35.9 Å². The Labute approximate surface area is 145 Å². The molecule has 0 atom stereocenters. The van der Waals surface area contributed by atoms with Gasteiger partial charge in [-0.2, -0.15) is 0 Å². The van der Waals surface area contributed by atoms with Crippen molar-refractivity contribution in [3.05, 3.63) is 71.8 Å². The third-order valence-corrected chi connectivity index (χ3v) is 4.38. The van der Waals surface area contributed by atoms with E-state index in [1.807, 2.05) is 60.2 Å². The van der Waals surface area contributed by atoms with Crippen LogP contribution in [0.15, 0.2) is 55.0 Å². The molecule has 3 aromatic heterocycles. The van der Waals surface area contributed by atoms with Gasteiger partial charge >= 0.3 is 5.97 Å². The Morgan fingerprint density at radius 1 is 1.24 bits per heavy atom. The molecule has 25 heavy (non-hydrogen) atoms. The average Bonchev–Trinajstić information content (AvgIpc) is 3.23. The summed E-state index contributed by atoms with van der Waals surface area (Å²) in [5, 5.41) is 1.16. The van der Waals surface area contributed by atoms with Crippen LogP contribution in [0.25, 0.3) is 16.6 Å². The molecule has 5 heteroatoms. The number of benzene rings is 1. The first kappa shape index (κ1) is 15.4. The van der Waals surface area contributed by atoms with Crippen LogP contribution in [-0.2, 0) is 22.6 Å². The number of carbonyl (C=O) groups is 1. The van der Waals surface area contributed by atoms with Gasteiger partial charge in [-0.3, -0.25) is 4.79 Å². The number of esters is 1. The number of aromatic nitrogens is 3. The van der Waals surface area contributed by atoms with Gasteiger partial charge in [0.05, 0.1) is 5.69 Å². The number of fused-ring (bicyclic) bond motifs is 2. The molecule has 3 heterocycles. The van der Waals surface area contributed by atoms with E-state index in [4.69, 9.17) is 4.74 Å². The van der Waals surface area contributed by atoms with Crippen LogP contribution in [0.1, 0.15) is 23.2 Å². The summed E-state index contributed by atoms with van der Waals surface area (Å²) in [6.45, 7) is 2.22. The Kier molecular flexibility index (Phi) is 3.98. The van der Waals surface area contributed by atoms with E-state index in [2.05, 4.69) is 16.0 Å². The van der Waals surface area contributed by atoms with Crippen LogP contribution in [0.5, 0.6) is 0 Å². The fourth-order valence-corrected chi connectivity index (χ4v) is 3.08. The number of aryl methyl sites for hydroxylation is 2. The minimum absolute atomic E-state index is 0.202. The number of nitrogens with one attached hydrogen (secondary N) is 1. The molecular formula is C20H19N3O2. The van der Waals surface area contributed by atoms with E-state index in [0.717, 1.165) is 33.4 Å². The summed E-state index contributed by atoms with van der Waals surface area (Å²) < 4.78 is 7.33. The van der Waals surface area contributed by atoms with E-state index in [1.165, 1.54) is 0 Å². The number of para-hydroxylation sites is 1. The van der Waals surface area contributed by atoms with Crippen LogP contribution < -0.4 is 0 Å². The Hall–Kier alpha value is -3.08. The summed E-state index contributed by atoms with van der Waals surface area (Å²) in [5.74, 6) is -0.209. The smallest absolute Gasteiger partial charge is 0.306 e. The minimum Gasteiger partial charge on any atom is -0.459 e. The third kappa shape index (κ3) is 3.13. The van der Waals surface area contributed by atoms with Gasteiger partial charge in [-0.15, -0.1) is 0 Å². The summed E-state index contributed by atoms with van der Waals surface area (Å²) in [6, 6.07) is 12.1. The highest BCUT2D eigenvalue weighted by Gasteiger charge is 2.10. The molecule has 0 aliphatic carbocycles. The molecule has 0 aliphatic heterocycles. The standard InChI is InChI=1S/C20H19N3O2/c1-14-5-4-10-23-12-16(22-20(14)23)13-25-19(24)9-8-15-11-21-18-7-3-2-6-17(15)18/h2-7,10-12,21H,8-9,13H2,1H3. The molecule has 0 radical (unpaired) electrons. The monoisotopic (exact) mass is 333 g/mol. The van der Waals surface area contributed by atoms with Gasteiger partial charge in [0.2, 0.25) is 0 Å². The molecule has 0 unspecified atom stereocenters. The van der Waals surface area contributed by atoms with Crippen LogP contribution in [-0.4, -0.2) is 20.3 Å². The molecule has 1 aromatic carbocycles. The number of H-pyrrole nitrogens is 1. The Bertz CT molecular complexity index is 1050. The maximum Gasteiger partial charge on any atom is 0.306 e. The minimum atomic E-state index is -0.209. The Morgan fingerprint density at radius 3 is 3.00 bits per heavy atom. The molecule has 1 N–H and O–H groups in total. The molecule has 126 valence electrons. The number of carbonyl (C=O) groups excluding carboxylic acids is 1. The van der Waals surface area contributed by atoms with E-state index in [9.17, 15) is 4.79 Å². The molecule has 0 fully saturated rings. The number of imidazole rings is 1. The lowest BCUT2D eigenvalue weighted by Crippen LogP contribution is -2.06. The molecular weight excluding hydrogens is 314 g/mol. The largest absolute Gasteiger partial charge is 0.459 e. The van der Waals surface area contributed by atoms with Crippen molar-refractivity contribution in [2.24, 2.45) is 0 Å². The number of rotatable bonds is 5. The highest BCUT2D eigenvalue weighted by molar-refractivity contribution is 5.83.